The second-order valence-corrected chi connectivity index (χ2v) is 11.3. The minimum atomic E-state index is -0.865. The van der Waals surface area contributed by atoms with Gasteiger partial charge in [-0.1, -0.05) is 117 Å². The van der Waals surface area contributed by atoms with Gasteiger partial charge in [-0.05, 0) is 36.5 Å². The molecule has 2 rings (SSSR count). The van der Waals surface area contributed by atoms with Crippen LogP contribution in [0.3, 0.4) is 0 Å². The Bertz CT molecular complexity index is 822. The van der Waals surface area contributed by atoms with Crippen LogP contribution >= 0.6 is 0 Å². The summed E-state index contributed by atoms with van der Waals surface area (Å²) in [5.41, 5.74) is 1.24. The summed E-state index contributed by atoms with van der Waals surface area (Å²) in [5.74, 6) is 2.40. The maximum Gasteiger partial charge on any atom is 0.192 e. The molecular formula is C31H47FO2. The van der Waals surface area contributed by atoms with E-state index in [9.17, 15) is 14.0 Å². The zero-order valence-corrected chi connectivity index (χ0v) is 22.3. The first-order chi connectivity index (χ1) is 16.2. The molecule has 1 aliphatic carbocycles. The number of benzene rings is 1. The summed E-state index contributed by atoms with van der Waals surface area (Å²) in [5, 5.41) is 0. The average molecular weight is 471 g/mol. The first kappa shape index (κ1) is 28.5. The van der Waals surface area contributed by atoms with Crippen LogP contribution in [0.25, 0.3) is 0 Å². The van der Waals surface area contributed by atoms with E-state index in [0.29, 0.717) is 29.0 Å². The van der Waals surface area contributed by atoms with Crippen molar-refractivity contribution < 1.29 is 14.0 Å². The van der Waals surface area contributed by atoms with Gasteiger partial charge in [-0.3, -0.25) is 9.59 Å². The van der Waals surface area contributed by atoms with Gasteiger partial charge in [0.25, 0.3) is 0 Å². The molecular weight excluding hydrogens is 423 g/mol. The number of carbonyl (C=O) groups is 2. The van der Waals surface area contributed by atoms with Gasteiger partial charge in [0.05, 0.1) is 0 Å². The van der Waals surface area contributed by atoms with Crippen molar-refractivity contribution in [2.45, 2.75) is 105 Å². The van der Waals surface area contributed by atoms with Gasteiger partial charge in [0.15, 0.2) is 11.6 Å². The zero-order chi connectivity index (χ0) is 25.1. The van der Waals surface area contributed by atoms with Gasteiger partial charge in [0.1, 0.15) is 6.67 Å². The van der Waals surface area contributed by atoms with E-state index in [1.54, 1.807) is 24.3 Å². The third kappa shape index (κ3) is 8.78. The summed E-state index contributed by atoms with van der Waals surface area (Å²) in [6.45, 7) is 10.7. The first-order valence-electron chi connectivity index (χ1n) is 13.7. The van der Waals surface area contributed by atoms with Crippen molar-refractivity contribution in [2.24, 2.45) is 23.7 Å². The number of hydrogen-bond donors (Lipinski definition) is 0. The molecule has 0 radical (unpaired) electrons. The van der Waals surface area contributed by atoms with E-state index in [1.807, 2.05) is 0 Å². The molecule has 0 fully saturated rings. The highest BCUT2D eigenvalue weighted by Crippen LogP contribution is 2.31. The van der Waals surface area contributed by atoms with E-state index in [1.165, 1.54) is 51.4 Å². The Kier molecular flexibility index (Phi) is 12.2. The minimum absolute atomic E-state index is 0.0722. The fraction of sp³-hybridized carbons (Fsp3) is 0.677. The number of allylic oxidation sites excluding steroid dienone is 2. The van der Waals surface area contributed by atoms with Crippen LogP contribution in [0.2, 0.25) is 0 Å². The smallest absolute Gasteiger partial charge is 0.192 e. The number of Topliss-reactive ketones (excluding diaryl/α,β-unsaturated/α-hetero) is 2. The van der Waals surface area contributed by atoms with E-state index in [2.05, 4.69) is 34.6 Å². The lowest BCUT2D eigenvalue weighted by Crippen LogP contribution is -2.23. The van der Waals surface area contributed by atoms with Crippen molar-refractivity contribution in [3.05, 3.63) is 46.5 Å². The third-order valence-electron chi connectivity index (χ3n) is 7.62. The molecule has 3 heteroatoms. The van der Waals surface area contributed by atoms with E-state index in [4.69, 9.17) is 0 Å². The average Bonchev–Trinajstić information content (AvgIpc) is 2.80. The molecule has 0 amide bonds. The molecule has 0 N–H and O–H groups in total. The van der Waals surface area contributed by atoms with Crippen molar-refractivity contribution in [3.63, 3.8) is 0 Å². The molecule has 0 spiro atoms. The number of hydrogen-bond acceptors (Lipinski definition) is 2. The van der Waals surface area contributed by atoms with Gasteiger partial charge < -0.3 is 0 Å². The normalized spacial score (nSPS) is 16.7. The standard InChI is InChI=1S/C31H47FO2/c1-22(2)11-8-12-23(3)13-9-14-24(4)15-10-16-25(5)19-20-28-29(21-32)31(34)27-18-7-6-17-26(27)30(28)33/h6-7,17-18,22-25H,8-16,19-21H2,1-5H3. The number of halogens is 1. The van der Waals surface area contributed by atoms with Gasteiger partial charge in [-0.25, -0.2) is 4.39 Å². The van der Waals surface area contributed by atoms with Gasteiger partial charge in [-0.2, -0.15) is 0 Å². The quantitative estimate of drug-likeness (QED) is 0.241. The van der Waals surface area contributed by atoms with E-state index in [0.717, 1.165) is 30.6 Å². The summed E-state index contributed by atoms with van der Waals surface area (Å²) >= 11 is 0. The highest BCUT2D eigenvalue weighted by atomic mass is 19.1. The van der Waals surface area contributed by atoms with Crippen molar-refractivity contribution >= 4 is 11.6 Å². The molecule has 0 saturated carbocycles. The van der Waals surface area contributed by atoms with Crippen LogP contribution in [0.15, 0.2) is 35.4 Å². The molecule has 3 unspecified atom stereocenters. The van der Waals surface area contributed by atoms with Gasteiger partial charge >= 0.3 is 0 Å². The summed E-state index contributed by atoms with van der Waals surface area (Å²) in [6.07, 6.45) is 12.9. The summed E-state index contributed by atoms with van der Waals surface area (Å²) < 4.78 is 13.7. The van der Waals surface area contributed by atoms with Gasteiger partial charge in [-0.15, -0.1) is 0 Å². The summed E-state index contributed by atoms with van der Waals surface area (Å²) in [4.78, 5) is 25.6. The number of fused-ring (bicyclic) bond motifs is 1. The Morgan fingerprint density at radius 1 is 0.618 bits per heavy atom. The van der Waals surface area contributed by atoms with E-state index in [-0.39, 0.29) is 17.1 Å². The number of rotatable bonds is 16. The van der Waals surface area contributed by atoms with Crippen LogP contribution in [0.1, 0.15) is 126 Å². The van der Waals surface area contributed by atoms with Crippen LogP contribution in [0.4, 0.5) is 4.39 Å². The Hall–Kier alpha value is -1.77. The molecule has 1 aromatic carbocycles. The largest absolute Gasteiger partial charge is 0.289 e. The lowest BCUT2D eigenvalue weighted by molar-refractivity contribution is 0.0965. The van der Waals surface area contributed by atoms with Gasteiger partial charge in [0, 0.05) is 22.3 Å². The second kappa shape index (κ2) is 14.6. The van der Waals surface area contributed by atoms with Crippen molar-refractivity contribution in [1.82, 2.24) is 0 Å². The summed E-state index contributed by atoms with van der Waals surface area (Å²) in [6, 6.07) is 6.79. The van der Waals surface area contributed by atoms with Crippen molar-refractivity contribution in [2.75, 3.05) is 6.67 Å². The minimum Gasteiger partial charge on any atom is -0.289 e. The molecule has 0 bridgehead atoms. The lowest BCUT2D eigenvalue weighted by Gasteiger charge is -2.21. The lowest BCUT2D eigenvalue weighted by atomic mass is 9.81. The van der Waals surface area contributed by atoms with Crippen LogP contribution in [0, 0.1) is 23.7 Å². The van der Waals surface area contributed by atoms with Crippen molar-refractivity contribution in [1.29, 1.82) is 0 Å². The molecule has 1 aliphatic rings. The highest BCUT2D eigenvalue weighted by molar-refractivity contribution is 6.27. The molecule has 0 saturated heterocycles. The maximum absolute atomic E-state index is 13.7. The monoisotopic (exact) mass is 470 g/mol. The summed E-state index contributed by atoms with van der Waals surface area (Å²) in [7, 11) is 0. The Morgan fingerprint density at radius 3 is 1.47 bits per heavy atom. The topological polar surface area (TPSA) is 34.1 Å². The van der Waals surface area contributed by atoms with Crippen LogP contribution in [0.5, 0.6) is 0 Å². The second-order valence-electron chi connectivity index (χ2n) is 11.3. The molecule has 2 nitrogen and oxygen atoms in total. The van der Waals surface area contributed by atoms with E-state index < -0.39 is 6.67 Å². The zero-order valence-electron chi connectivity index (χ0n) is 22.3. The molecule has 1 aromatic rings. The maximum atomic E-state index is 13.7. The molecule has 34 heavy (non-hydrogen) atoms. The molecule has 0 heterocycles. The Morgan fingerprint density at radius 2 is 1.03 bits per heavy atom. The van der Waals surface area contributed by atoms with Crippen molar-refractivity contribution in [3.8, 4) is 0 Å². The SMILES string of the molecule is CC(C)CCCC(C)CCCC(C)CCCC(C)CCC1=C(CF)C(=O)c2ccccc2C1=O. The van der Waals surface area contributed by atoms with Gasteiger partial charge in [0.2, 0.25) is 0 Å². The number of carbonyl (C=O) groups excluding carboxylic acids is 2. The molecule has 0 aromatic heterocycles. The molecule has 190 valence electrons. The predicted octanol–water partition coefficient (Wildman–Crippen LogP) is 9.19. The first-order valence-corrected chi connectivity index (χ1v) is 13.7. The van der Waals surface area contributed by atoms with E-state index >= 15 is 0 Å². The Balaban J connectivity index is 1.69. The number of alkyl halides is 1. The highest BCUT2D eigenvalue weighted by Gasteiger charge is 2.31. The third-order valence-corrected chi connectivity index (χ3v) is 7.62. The van der Waals surface area contributed by atoms with Crippen LogP contribution in [-0.4, -0.2) is 18.2 Å². The molecule has 3 atom stereocenters. The number of ketones is 2. The van der Waals surface area contributed by atoms with Crippen LogP contribution in [-0.2, 0) is 0 Å². The predicted molar refractivity (Wildman–Crippen MR) is 141 cm³/mol. The molecule has 0 aliphatic heterocycles. The Labute approximate surface area is 207 Å². The fourth-order valence-electron chi connectivity index (χ4n) is 5.21. The fourth-order valence-corrected chi connectivity index (χ4v) is 5.21. The van der Waals surface area contributed by atoms with Crippen LogP contribution < -0.4 is 0 Å².